The van der Waals surface area contributed by atoms with Crippen LogP contribution < -0.4 is 5.73 Å². The van der Waals surface area contributed by atoms with E-state index in [0.717, 1.165) is 28.1 Å². The molecular weight excluding hydrogens is 340 g/mol. The summed E-state index contributed by atoms with van der Waals surface area (Å²) in [7, 11) is 0. The van der Waals surface area contributed by atoms with Gasteiger partial charge in [-0.3, -0.25) is 4.90 Å². The van der Waals surface area contributed by atoms with Crippen molar-refractivity contribution in [3.63, 3.8) is 0 Å². The van der Waals surface area contributed by atoms with Gasteiger partial charge in [0.1, 0.15) is 0 Å². The molecule has 2 unspecified atom stereocenters. The topological polar surface area (TPSA) is 38.5 Å². The second-order valence-corrected chi connectivity index (χ2v) is 7.33. The zero-order chi connectivity index (χ0) is 14.9. The first-order chi connectivity index (χ1) is 9.32. The first kappa shape index (κ1) is 16.2. The molecule has 0 spiro atoms. The lowest BCUT2D eigenvalue weighted by molar-refractivity contribution is -0.137. The lowest BCUT2D eigenvalue weighted by Crippen LogP contribution is -2.53. The Morgan fingerprint density at radius 2 is 2.25 bits per heavy atom. The summed E-state index contributed by atoms with van der Waals surface area (Å²) < 4.78 is 7.02. The molecule has 5 heteroatoms. The average Bonchev–Trinajstić information content (AvgIpc) is 2.32. The maximum absolute atomic E-state index is 6.14. The standard InChI is InChI=1S/C15H22BrClN2O/c1-10-8-19(9-15(2,3)20-10)14(7-18)12-6-11(17)4-5-13(12)16/h4-6,10,14H,7-9,18H2,1-3H3. The summed E-state index contributed by atoms with van der Waals surface area (Å²) in [6.45, 7) is 8.64. The Morgan fingerprint density at radius 1 is 1.55 bits per heavy atom. The molecule has 1 aliphatic rings. The van der Waals surface area contributed by atoms with Gasteiger partial charge in [-0.15, -0.1) is 0 Å². The summed E-state index contributed by atoms with van der Waals surface area (Å²) in [5, 5.41) is 0.738. The van der Waals surface area contributed by atoms with Crippen LogP contribution in [-0.4, -0.2) is 36.2 Å². The lowest BCUT2D eigenvalue weighted by atomic mass is 9.99. The SMILES string of the molecule is CC1CN(C(CN)c2cc(Cl)ccc2Br)CC(C)(C)O1. The molecule has 0 aliphatic carbocycles. The Bertz CT molecular complexity index is 481. The van der Waals surface area contributed by atoms with Crippen molar-refractivity contribution in [1.82, 2.24) is 4.90 Å². The zero-order valence-electron chi connectivity index (χ0n) is 12.2. The first-order valence-electron chi connectivity index (χ1n) is 6.89. The fourth-order valence-corrected chi connectivity index (χ4v) is 3.67. The number of hydrogen-bond donors (Lipinski definition) is 1. The van der Waals surface area contributed by atoms with Gasteiger partial charge in [-0.25, -0.2) is 0 Å². The van der Waals surface area contributed by atoms with Crippen molar-refractivity contribution in [3.05, 3.63) is 33.3 Å². The highest BCUT2D eigenvalue weighted by atomic mass is 79.9. The van der Waals surface area contributed by atoms with Crippen LogP contribution in [0.5, 0.6) is 0 Å². The fourth-order valence-electron chi connectivity index (χ4n) is 2.98. The molecule has 2 atom stereocenters. The van der Waals surface area contributed by atoms with Gasteiger partial charge in [0.05, 0.1) is 11.7 Å². The molecule has 0 radical (unpaired) electrons. The third-order valence-corrected chi connectivity index (χ3v) is 4.53. The van der Waals surface area contributed by atoms with E-state index in [9.17, 15) is 0 Å². The van der Waals surface area contributed by atoms with Crippen molar-refractivity contribution in [3.8, 4) is 0 Å². The monoisotopic (exact) mass is 360 g/mol. The number of benzene rings is 1. The molecule has 3 nitrogen and oxygen atoms in total. The van der Waals surface area contributed by atoms with Crippen LogP contribution in [-0.2, 0) is 4.74 Å². The highest BCUT2D eigenvalue weighted by molar-refractivity contribution is 9.10. The quantitative estimate of drug-likeness (QED) is 0.894. The van der Waals surface area contributed by atoms with Crippen LogP contribution in [0.4, 0.5) is 0 Å². The molecule has 2 N–H and O–H groups in total. The third kappa shape index (κ3) is 3.74. The molecule has 1 aliphatic heterocycles. The van der Waals surface area contributed by atoms with E-state index in [-0.39, 0.29) is 17.7 Å². The van der Waals surface area contributed by atoms with Crippen molar-refractivity contribution < 1.29 is 4.74 Å². The first-order valence-corrected chi connectivity index (χ1v) is 8.06. The van der Waals surface area contributed by atoms with E-state index in [1.807, 2.05) is 18.2 Å². The molecule has 1 fully saturated rings. The Kier molecular flexibility index (Phi) is 5.14. The van der Waals surface area contributed by atoms with E-state index >= 15 is 0 Å². The van der Waals surface area contributed by atoms with Crippen LogP contribution in [0.3, 0.4) is 0 Å². The largest absolute Gasteiger partial charge is 0.370 e. The van der Waals surface area contributed by atoms with Gasteiger partial charge in [-0.2, -0.15) is 0 Å². The highest BCUT2D eigenvalue weighted by Crippen LogP contribution is 2.33. The van der Waals surface area contributed by atoms with Gasteiger partial charge < -0.3 is 10.5 Å². The summed E-state index contributed by atoms with van der Waals surface area (Å²) in [4.78, 5) is 2.39. The van der Waals surface area contributed by atoms with Crippen molar-refractivity contribution in [2.75, 3.05) is 19.6 Å². The Labute approximate surface area is 134 Å². The Morgan fingerprint density at radius 3 is 2.85 bits per heavy atom. The fraction of sp³-hybridized carbons (Fsp3) is 0.600. The van der Waals surface area contributed by atoms with Crippen LogP contribution in [0.15, 0.2) is 22.7 Å². The number of halogens is 2. The number of nitrogens with zero attached hydrogens (tertiary/aromatic N) is 1. The molecule has 1 aromatic rings. The molecule has 1 aromatic carbocycles. The molecule has 0 aromatic heterocycles. The predicted molar refractivity (Wildman–Crippen MR) is 87.1 cm³/mol. The molecule has 0 saturated carbocycles. The van der Waals surface area contributed by atoms with Gasteiger partial charge in [-0.1, -0.05) is 27.5 Å². The van der Waals surface area contributed by atoms with Crippen molar-refractivity contribution in [2.24, 2.45) is 5.73 Å². The maximum Gasteiger partial charge on any atom is 0.0757 e. The lowest BCUT2D eigenvalue weighted by Gasteiger charge is -2.45. The molecule has 1 heterocycles. The molecular formula is C15H22BrClN2O. The van der Waals surface area contributed by atoms with Crippen molar-refractivity contribution >= 4 is 27.5 Å². The third-order valence-electron chi connectivity index (χ3n) is 3.58. The van der Waals surface area contributed by atoms with E-state index in [4.69, 9.17) is 22.1 Å². The highest BCUT2D eigenvalue weighted by Gasteiger charge is 2.35. The number of nitrogens with two attached hydrogens (primary N) is 1. The Balaban J connectivity index is 2.29. The van der Waals surface area contributed by atoms with Gasteiger partial charge in [-0.05, 0) is 44.5 Å². The average molecular weight is 362 g/mol. The molecule has 20 heavy (non-hydrogen) atoms. The zero-order valence-corrected chi connectivity index (χ0v) is 14.5. The molecule has 1 saturated heterocycles. The summed E-state index contributed by atoms with van der Waals surface area (Å²) in [6.07, 6.45) is 0.200. The van der Waals surface area contributed by atoms with E-state index < -0.39 is 0 Å². The summed E-state index contributed by atoms with van der Waals surface area (Å²) in [5.41, 5.74) is 7.03. The number of ether oxygens (including phenoxy) is 1. The van der Waals surface area contributed by atoms with Crippen LogP contribution in [0.25, 0.3) is 0 Å². The number of hydrogen-bond acceptors (Lipinski definition) is 3. The predicted octanol–water partition coefficient (Wildman–Crippen LogP) is 3.60. The van der Waals surface area contributed by atoms with Gasteiger partial charge in [0.15, 0.2) is 0 Å². The molecule has 0 amide bonds. The van der Waals surface area contributed by atoms with E-state index in [1.165, 1.54) is 0 Å². The summed E-state index contributed by atoms with van der Waals surface area (Å²) >= 11 is 9.75. The Hall–Kier alpha value is -0.130. The van der Waals surface area contributed by atoms with Crippen LogP contribution in [0, 0.1) is 0 Å². The summed E-state index contributed by atoms with van der Waals surface area (Å²) in [6, 6.07) is 6.01. The van der Waals surface area contributed by atoms with E-state index in [0.29, 0.717) is 6.54 Å². The molecule has 2 rings (SSSR count). The minimum atomic E-state index is -0.157. The molecule has 112 valence electrons. The van der Waals surface area contributed by atoms with E-state index in [1.54, 1.807) is 0 Å². The molecule has 0 bridgehead atoms. The van der Waals surface area contributed by atoms with Crippen molar-refractivity contribution in [2.45, 2.75) is 38.5 Å². The number of morpholine rings is 1. The van der Waals surface area contributed by atoms with Crippen LogP contribution in [0.2, 0.25) is 5.02 Å². The van der Waals surface area contributed by atoms with Gasteiger partial charge in [0, 0.05) is 35.2 Å². The van der Waals surface area contributed by atoms with Crippen LogP contribution in [0.1, 0.15) is 32.4 Å². The van der Waals surface area contributed by atoms with Gasteiger partial charge in [0.25, 0.3) is 0 Å². The van der Waals surface area contributed by atoms with Gasteiger partial charge >= 0.3 is 0 Å². The van der Waals surface area contributed by atoms with E-state index in [2.05, 4.69) is 41.6 Å². The minimum Gasteiger partial charge on any atom is -0.370 e. The van der Waals surface area contributed by atoms with Gasteiger partial charge in [0.2, 0.25) is 0 Å². The minimum absolute atomic E-state index is 0.147. The maximum atomic E-state index is 6.14. The normalized spacial score (nSPS) is 24.6. The van der Waals surface area contributed by atoms with Crippen molar-refractivity contribution in [1.29, 1.82) is 0 Å². The number of rotatable bonds is 3. The smallest absolute Gasteiger partial charge is 0.0757 e. The van der Waals surface area contributed by atoms with Crippen LogP contribution >= 0.6 is 27.5 Å². The second kappa shape index (κ2) is 6.32. The summed E-state index contributed by atoms with van der Waals surface area (Å²) in [5.74, 6) is 0. The second-order valence-electron chi connectivity index (χ2n) is 6.03.